The van der Waals surface area contributed by atoms with E-state index in [0.29, 0.717) is 0 Å². The first kappa shape index (κ1) is 13.3. The van der Waals surface area contributed by atoms with E-state index < -0.39 is 0 Å². The van der Waals surface area contributed by atoms with Gasteiger partial charge >= 0.3 is 0 Å². The van der Waals surface area contributed by atoms with Gasteiger partial charge in [-0.3, -0.25) is 4.79 Å². The van der Waals surface area contributed by atoms with Crippen molar-refractivity contribution < 1.29 is 4.79 Å². The molecule has 2 aliphatic heterocycles. The topological polar surface area (TPSA) is 20.3 Å². The Morgan fingerprint density at radius 2 is 2.06 bits per heavy atom. The average Bonchev–Trinajstić information content (AvgIpc) is 2.56. The molecule has 4 heteroatoms. The summed E-state index contributed by atoms with van der Waals surface area (Å²) < 4.78 is -0.0966. The highest BCUT2D eigenvalue weighted by Crippen LogP contribution is 2.41. The molecule has 2 atom stereocenters. The predicted octanol–water partition coefficient (Wildman–Crippen LogP) is 3.61. The Labute approximate surface area is 113 Å². The summed E-state index contributed by atoms with van der Waals surface area (Å²) in [6, 6.07) is 0. The van der Waals surface area contributed by atoms with Crippen molar-refractivity contribution in [2.75, 3.05) is 13.1 Å². The molecule has 1 saturated heterocycles. The largest absolute Gasteiger partial charge is 0.342 e. The zero-order chi connectivity index (χ0) is 12.3. The summed E-state index contributed by atoms with van der Waals surface area (Å²) in [5, 5.41) is 0. The fourth-order valence-corrected chi connectivity index (χ4v) is 3.97. The van der Waals surface area contributed by atoms with E-state index in [1.807, 2.05) is 4.90 Å². The van der Waals surface area contributed by atoms with E-state index in [2.05, 4.69) is 13.0 Å². The predicted molar refractivity (Wildman–Crippen MR) is 74.1 cm³/mol. The summed E-state index contributed by atoms with van der Waals surface area (Å²) in [5.74, 6) is 0.137. The van der Waals surface area contributed by atoms with Gasteiger partial charge in [0, 0.05) is 13.1 Å². The molecule has 0 saturated carbocycles. The second kappa shape index (κ2) is 6.14. The van der Waals surface area contributed by atoms with Crippen molar-refractivity contribution in [2.45, 2.75) is 43.7 Å². The molecule has 0 aromatic rings. The van der Waals surface area contributed by atoms with Crippen LogP contribution in [0.2, 0.25) is 0 Å². The number of carbonyl (C=O) groups is 1. The molecule has 96 valence electrons. The molecular weight excluding hydrogens is 254 g/mol. The molecule has 0 N–H and O–H groups in total. The monoisotopic (exact) mass is 273 g/mol. The quantitative estimate of drug-likeness (QED) is 0.717. The number of likely N-dealkylation sites (tertiary alicyclic amines) is 1. The van der Waals surface area contributed by atoms with Crippen molar-refractivity contribution in [2.24, 2.45) is 5.92 Å². The van der Waals surface area contributed by atoms with E-state index in [1.54, 1.807) is 11.8 Å². The minimum absolute atomic E-state index is 0.0966. The van der Waals surface area contributed by atoms with Crippen molar-refractivity contribution in [1.29, 1.82) is 0 Å². The van der Waals surface area contributed by atoms with Crippen LogP contribution in [0, 0.1) is 5.92 Å². The Bertz CT molecular complexity index is 311. The molecule has 0 aliphatic carbocycles. The van der Waals surface area contributed by atoms with Crippen molar-refractivity contribution in [3.8, 4) is 0 Å². The van der Waals surface area contributed by atoms with Crippen LogP contribution in [-0.2, 0) is 4.79 Å². The summed E-state index contributed by atoms with van der Waals surface area (Å²) in [5.41, 5.74) is 0. The summed E-state index contributed by atoms with van der Waals surface area (Å²) >= 11 is 7.92. The number of carbonyl (C=O) groups excluding carboxylic acids is 1. The van der Waals surface area contributed by atoms with Gasteiger partial charge in [0.25, 0.3) is 0 Å². The lowest BCUT2D eigenvalue weighted by Gasteiger charge is -2.24. The smallest absolute Gasteiger partial charge is 0.231 e. The minimum atomic E-state index is -0.102. The van der Waals surface area contributed by atoms with E-state index in [-0.39, 0.29) is 16.5 Å². The van der Waals surface area contributed by atoms with E-state index in [0.717, 1.165) is 32.4 Å². The summed E-state index contributed by atoms with van der Waals surface area (Å²) in [7, 11) is 0. The van der Waals surface area contributed by atoms with Crippen LogP contribution in [0.3, 0.4) is 0 Å². The van der Waals surface area contributed by atoms with Crippen molar-refractivity contribution >= 4 is 29.3 Å². The number of alkyl halides is 1. The van der Waals surface area contributed by atoms with Gasteiger partial charge in [-0.15, -0.1) is 23.4 Å². The van der Waals surface area contributed by atoms with Crippen LogP contribution in [0.15, 0.2) is 11.0 Å². The van der Waals surface area contributed by atoms with Gasteiger partial charge in [-0.05, 0) is 24.2 Å². The van der Waals surface area contributed by atoms with Gasteiger partial charge in [-0.1, -0.05) is 25.8 Å². The van der Waals surface area contributed by atoms with Crippen LogP contribution in [0.1, 0.15) is 39.0 Å². The van der Waals surface area contributed by atoms with Gasteiger partial charge in [-0.2, -0.15) is 0 Å². The highest BCUT2D eigenvalue weighted by atomic mass is 35.5. The lowest BCUT2D eigenvalue weighted by Crippen LogP contribution is -2.37. The summed E-state index contributed by atoms with van der Waals surface area (Å²) in [6.07, 6.45) is 7.85. The zero-order valence-corrected chi connectivity index (χ0v) is 11.9. The first-order valence-corrected chi connectivity index (χ1v) is 7.84. The van der Waals surface area contributed by atoms with Gasteiger partial charge in [0.05, 0.1) is 10.6 Å². The molecule has 0 bridgehead atoms. The molecule has 2 nitrogen and oxygen atoms in total. The van der Waals surface area contributed by atoms with Gasteiger partial charge in [0.2, 0.25) is 5.91 Å². The number of amides is 1. The van der Waals surface area contributed by atoms with Crippen LogP contribution in [0.4, 0.5) is 0 Å². The highest BCUT2D eigenvalue weighted by Gasteiger charge is 2.34. The van der Waals surface area contributed by atoms with Crippen LogP contribution < -0.4 is 0 Å². The second-order valence-corrected chi connectivity index (χ2v) is 6.72. The minimum Gasteiger partial charge on any atom is -0.342 e. The number of hydrogen-bond donors (Lipinski definition) is 0. The number of thioether (sulfide) groups is 1. The van der Waals surface area contributed by atoms with E-state index in [4.69, 9.17) is 11.6 Å². The number of hydrogen-bond acceptors (Lipinski definition) is 2. The summed E-state index contributed by atoms with van der Waals surface area (Å²) in [4.78, 5) is 15.7. The van der Waals surface area contributed by atoms with Gasteiger partial charge in [0.15, 0.2) is 0 Å². The van der Waals surface area contributed by atoms with Crippen molar-refractivity contribution in [1.82, 2.24) is 4.90 Å². The zero-order valence-electron chi connectivity index (χ0n) is 10.3. The average molecular weight is 274 g/mol. The Morgan fingerprint density at radius 3 is 2.59 bits per heavy atom. The molecule has 2 rings (SSSR count). The van der Waals surface area contributed by atoms with Crippen molar-refractivity contribution in [3.05, 3.63) is 11.0 Å². The fourth-order valence-electron chi connectivity index (χ4n) is 2.42. The Balaban J connectivity index is 2.01. The van der Waals surface area contributed by atoms with E-state index in [9.17, 15) is 4.79 Å². The van der Waals surface area contributed by atoms with Crippen molar-refractivity contribution in [3.63, 3.8) is 0 Å². The molecule has 1 fully saturated rings. The molecule has 0 aromatic heterocycles. The molecule has 0 spiro atoms. The Morgan fingerprint density at radius 1 is 1.41 bits per heavy atom. The standard InChI is InChI=1S/C13H20ClNOS/c1-2-10-9-11(12(14)17-10)13(16)15-7-5-3-4-6-8-15/h9,11-12H,2-8H2,1H3. The van der Waals surface area contributed by atoms with Gasteiger partial charge in [-0.25, -0.2) is 0 Å². The van der Waals surface area contributed by atoms with Crippen LogP contribution in [0.25, 0.3) is 0 Å². The Kier molecular flexibility index (Phi) is 4.80. The lowest BCUT2D eigenvalue weighted by atomic mass is 10.1. The molecule has 0 aromatic carbocycles. The summed E-state index contributed by atoms with van der Waals surface area (Å²) in [6.45, 7) is 3.94. The third-order valence-corrected chi connectivity index (χ3v) is 5.25. The van der Waals surface area contributed by atoms with Crippen LogP contribution in [-0.4, -0.2) is 28.6 Å². The van der Waals surface area contributed by atoms with Crippen LogP contribution in [0.5, 0.6) is 0 Å². The molecule has 2 aliphatic rings. The third-order valence-electron chi connectivity index (χ3n) is 3.46. The molecule has 1 amide bonds. The number of halogens is 1. The van der Waals surface area contributed by atoms with Gasteiger partial charge < -0.3 is 4.90 Å². The van der Waals surface area contributed by atoms with E-state index in [1.165, 1.54) is 17.7 Å². The normalized spacial score (nSPS) is 30.0. The SMILES string of the molecule is CCC1=CC(C(=O)N2CCCCCC2)C(Cl)S1. The molecule has 2 unspecified atom stereocenters. The molecule has 0 radical (unpaired) electrons. The maximum absolute atomic E-state index is 12.4. The molecule has 2 heterocycles. The number of rotatable bonds is 2. The first-order valence-electron chi connectivity index (χ1n) is 6.52. The highest BCUT2D eigenvalue weighted by molar-refractivity contribution is 8.05. The Hall–Kier alpha value is -0.150. The van der Waals surface area contributed by atoms with Crippen LogP contribution >= 0.6 is 23.4 Å². The molecule has 17 heavy (non-hydrogen) atoms. The second-order valence-electron chi connectivity index (χ2n) is 4.72. The first-order chi connectivity index (χ1) is 8.22. The maximum Gasteiger partial charge on any atom is 0.231 e. The fraction of sp³-hybridized carbons (Fsp3) is 0.769. The molecular formula is C13H20ClNOS. The number of allylic oxidation sites excluding steroid dienone is 1. The number of nitrogens with zero attached hydrogens (tertiary/aromatic N) is 1. The maximum atomic E-state index is 12.4. The third kappa shape index (κ3) is 3.19. The lowest BCUT2D eigenvalue weighted by molar-refractivity contribution is -0.133. The van der Waals surface area contributed by atoms with E-state index >= 15 is 0 Å². The van der Waals surface area contributed by atoms with Gasteiger partial charge in [0.1, 0.15) is 0 Å².